The fraction of sp³-hybridized carbons (Fsp3) is 0.429. The summed E-state index contributed by atoms with van der Waals surface area (Å²) in [6.45, 7) is 8.29. The lowest BCUT2D eigenvalue weighted by molar-refractivity contribution is -0.178. The number of hydrogen-bond donors (Lipinski definition) is 2. The molecule has 6 heteroatoms. The molecule has 0 spiro atoms. The average molecular weight is 366 g/mol. The van der Waals surface area contributed by atoms with Crippen molar-refractivity contribution in [3.8, 4) is 11.5 Å². The lowest BCUT2D eigenvalue weighted by Gasteiger charge is -2.35. The third kappa shape index (κ3) is 3.98. The predicted molar refractivity (Wildman–Crippen MR) is 108 cm³/mol. The van der Waals surface area contributed by atoms with Crippen LogP contribution in [0.1, 0.15) is 42.5 Å². The zero-order valence-electron chi connectivity index (χ0n) is 16.2. The van der Waals surface area contributed by atoms with Crippen LogP contribution in [0.5, 0.6) is 11.5 Å². The van der Waals surface area contributed by atoms with E-state index >= 15 is 0 Å². The SMILES string of the molecule is BC1(O)Oc2ccc(CN3CCNC(c4ccccc4C(C)C)C3)cc2O1. The number of nitrogens with one attached hydrogen (secondary N) is 1. The molecule has 1 saturated heterocycles. The smallest absolute Gasteiger partial charge is 0.310 e. The van der Waals surface area contributed by atoms with Gasteiger partial charge in [-0.3, -0.25) is 4.90 Å². The van der Waals surface area contributed by atoms with Gasteiger partial charge in [0.15, 0.2) is 11.5 Å². The molecule has 2 aliphatic rings. The van der Waals surface area contributed by atoms with Crippen LogP contribution in [0.2, 0.25) is 0 Å². The molecule has 0 aliphatic carbocycles. The number of aliphatic hydroxyl groups is 1. The second-order valence-corrected chi connectivity index (χ2v) is 7.91. The highest BCUT2D eigenvalue weighted by molar-refractivity contribution is 6.12. The molecular weight excluding hydrogens is 339 g/mol. The van der Waals surface area contributed by atoms with Crippen LogP contribution in [0.15, 0.2) is 42.5 Å². The van der Waals surface area contributed by atoms with Crippen LogP contribution in [0.3, 0.4) is 0 Å². The molecule has 2 N–H and O–H groups in total. The normalized spacial score (nSPS) is 25.1. The standard InChI is InChI=1S/C21H27BN2O3/c1-14(2)16-5-3-4-6-17(16)18-13-24(10-9-23-18)12-15-7-8-19-20(11-15)27-21(22,25)26-19/h3-8,11,14,18,23,25H,9-10,12-13,22H2,1-2H3. The number of piperazine rings is 1. The second kappa shape index (κ2) is 7.19. The minimum Gasteiger partial charge on any atom is -0.435 e. The third-order valence-corrected chi connectivity index (χ3v) is 5.27. The third-order valence-electron chi connectivity index (χ3n) is 5.27. The van der Waals surface area contributed by atoms with Crippen molar-refractivity contribution in [2.24, 2.45) is 0 Å². The highest BCUT2D eigenvalue weighted by Gasteiger charge is 2.34. The van der Waals surface area contributed by atoms with Crippen LogP contribution >= 0.6 is 0 Å². The minimum atomic E-state index is -1.57. The van der Waals surface area contributed by atoms with Crippen molar-refractivity contribution in [3.63, 3.8) is 0 Å². The Hall–Kier alpha value is -2.02. The first-order valence-electron chi connectivity index (χ1n) is 9.69. The van der Waals surface area contributed by atoms with Crippen molar-refractivity contribution in [2.45, 2.75) is 38.2 Å². The molecule has 0 radical (unpaired) electrons. The second-order valence-electron chi connectivity index (χ2n) is 7.91. The zero-order chi connectivity index (χ0) is 19.0. The van der Waals surface area contributed by atoms with Gasteiger partial charge in [0.25, 0.3) is 7.85 Å². The molecule has 27 heavy (non-hydrogen) atoms. The van der Waals surface area contributed by atoms with Gasteiger partial charge in [0, 0.05) is 32.2 Å². The highest BCUT2D eigenvalue weighted by atomic mass is 16.8. The van der Waals surface area contributed by atoms with E-state index in [1.165, 1.54) is 19.0 Å². The maximum atomic E-state index is 9.90. The number of benzene rings is 2. The van der Waals surface area contributed by atoms with E-state index in [1.54, 1.807) is 0 Å². The van der Waals surface area contributed by atoms with Gasteiger partial charge in [0.1, 0.15) is 0 Å². The van der Waals surface area contributed by atoms with E-state index in [4.69, 9.17) is 9.47 Å². The first-order valence-corrected chi connectivity index (χ1v) is 9.69. The Morgan fingerprint density at radius 2 is 2.00 bits per heavy atom. The maximum absolute atomic E-state index is 9.90. The first kappa shape index (κ1) is 18.4. The number of hydrogen-bond acceptors (Lipinski definition) is 5. The van der Waals surface area contributed by atoms with Crippen LogP contribution < -0.4 is 14.8 Å². The fourth-order valence-electron chi connectivity index (χ4n) is 4.02. The average Bonchev–Trinajstić information content (AvgIpc) is 2.95. The fourth-order valence-corrected chi connectivity index (χ4v) is 4.02. The Kier molecular flexibility index (Phi) is 4.89. The molecular formula is C21H27BN2O3. The number of fused-ring (bicyclic) bond motifs is 1. The predicted octanol–water partition coefficient (Wildman–Crippen LogP) is 1.96. The summed E-state index contributed by atoms with van der Waals surface area (Å²) in [6, 6.07) is 15.0. The Morgan fingerprint density at radius 1 is 1.22 bits per heavy atom. The summed E-state index contributed by atoms with van der Waals surface area (Å²) in [7, 11) is 1.50. The summed E-state index contributed by atoms with van der Waals surface area (Å²) in [5.74, 6) is 0.143. The first-order chi connectivity index (χ1) is 12.9. The summed E-state index contributed by atoms with van der Waals surface area (Å²) >= 11 is 0. The van der Waals surface area contributed by atoms with Crippen molar-refractivity contribution in [1.29, 1.82) is 0 Å². The van der Waals surface area contributed by atoms with Crippen molar-refractivity contribution in [1.82, 2.24) is 10.2 Å². The van der Waals surface area contributed by atoms with Gasteiger partial charge in [0.2, 0.25) is 0 Å². The molecule has 5 nitrogen and oxygen atoms in total. The number of nitrogens with zero attached hydrogens (tertiary/aromatic N) is 1. The molecule has 0 saturated carbocycles. The molecule has 2 atom stereocenters. The summed E-state index contributed by atoms with van der Waals surface area (Å²) in [5.41, 5.74) is 3.98. The van der Waals surface area contributed by atoms with Gasteiger partial charge in [0.05, 0.1) is 0 Å². The minimum absolute atomic E-state index is 0.340. The van der Waals surface area contributed by atoms with Crippen molar-refractivity contribution in [3.05, 3.63) is 59.2 Å². The van der Waals surface area contributed by atoms with E-state index in [2.05, 4.69) is 48.3 Å². The molecule has 1 fully saturated rings. The van der Waals surface area contributed by atoms with E-state index < -0.39 is 5.87 Å². The molecule has 2 aromatic carbocycles. The van der Waals surface area contributed by atoms with E-state index in [0.29, 0.717) is 23.5 Å². The van der Waals surface area contributed by atoms with Gasteiger partial charge in [-0.1, -0.05) is 44.2 Å². The monoisotopic (exact) mass is 366 g/mol. The van der Waals surface area contributed by atoms with Crippen molar-refractivity contribution < 1.29 is 14.6 Å². The molecule has 0 bridgehead atoms. The van der Waals surface area contributed by atoms with E-state index in [-0.39, 0.29) is 0 Å². The molecule has 2 heterocycles. The molecule has 0 amide bonds. The molecule has 2 aliphatic heterocycles. The summed E-state index contributed by atoms with van der Waals surface area (Å²) < 4.78 is 10.8. The lowest BCUT2D eigenvalue weighted by atomic mass is 9.92. The summed E-state index contributed by atoms with van der Waals surface area (Å²) in [6.07, 6.45) is 0. The van der Waals surface area contributed by atoms with Gasteiger partial charge < -0.3 is 19.9 Å². The lowest BCUT2D eigenvalue weighted by Crippen LogP contribution is -2.45. The molecule has 4 rings (SSSR count). The summed E-state index contributed by atoms with van der Waals surface area (Å²) in [5, 5.41) is 13.6. The Bertz CT molecular complexity index is 825. The molecule has 2 aromatic rings. The van der Waals surface area contributed by atoms with Gasteiger partial charge in [-0.25, -0.2) is 0 Å². The topological polar surface area (TPSA) is 54.0 Å². The van der Waals surface area contributed by atoms with E-state index in [1.807, 2.05) is 18.2 Å². The van der Waals surface area contributed by atoms with Crippen LogP contribution in [0.4, 0.5) is 0 Å². The van der Waals surface area contributed by atoms with Crippen LogP contribution in [-0.4, -0.2) is 43.4 Å². The van der Waals surface area contributed by atoms with Crippen molar-refractivity contribution in [2.75, 3.05) is 19.6 Å². The number of ether oxygens (including phenoxy) is 2. The maximum Gasteiger partial charge on any atom is 0.310 e. The largest absolute Gasteiger partial charge is 0.435 e. The van der Waals surface area contributed by atoms with Crippen LogP contribution in [-0.2, 0) is 6.54 Å². The number of rotatable bonds is 4. The van der Waals surface area contributed by atoms with Crippen molar-refractivity contribution >= 4 is 7.85 Å². The van der Waals surface area contributed by atoms with Crippen LogP contribution in [0, 0.1) is 0 Å². The van der Waals surface area contributed by atoms with Gasteiger partial charge >= 0.3 is 5.87 Å². The molecule has 142 valence electrons. The highest BCUT2D eigenvalue weighted by Crippen LogP contribution is 2.38. The van der Waals surface area contributed by atoms with E-state index in [9.17, 15) is 5.11 Å². The van der Waals surface area contributed by atoms with Gasteiger partial charge in [-0.15, -0.1) is 0 Å². The zero-order valence-corrected chi connectivity index (χ0v) is 16.2. The summed E-state index contributed by atoms with van der Waals surface area (Å²) in [4.78, 5) is 2.47. The Labute approximate surface area is 161 Å². The van der Waals surface area contributed by atoms with E-state index in [0.717, 1.165) is 31.7 Å². The Balaban J connectivity index is 1.47. The molecule has 2 unspecified atom stereocenters. The Morgan fingerprint density at radius 3 is 2.81 bits per heavy atom. The quantitative estimate of drug-likeness (QED) is 0.811. The van der Waals surface area contributed by atoms with Gasteiger partial charge in [-0.2, -0.15) is 0 Å². The molecule has 0 aromatic heterocycles. The van der Waals surface area contributed by atoms with Gasteiger partial charge in [-0.05, 0) is 34.7 Å². The van der Waals surface area contributed by atoms with Crippen LogP contribution in [0.25, 0.3) is 0 Å².